The molecule has 2 N–H and O–H groups in total. The van der Waals surface area contributed by atoms with E-state index in [0.717, 1.165) is 17.7 Å². The van der Waals surface area contributed by atoms with Crippen LogP contribution in [0.15, 0.2) is 24.3 Å². The third-order valence-electron chi connectivity index (χ3n) is 3.15. The van der Waals surface area contributed by atoms with Crippen LogP contribution >= 0.6 is 0 Å². The zero-order valence-corrected chi connectivity index (χ0v) is 9.81. The summed E-state index contributed by atoms with van der Waals surface area (Å²) in [6, 6.07) is 8.04. The molecule has 2 rings (SSSR count). The first-order chi connectivity index (χ1) is 7.65. The maximum atomic E-state index is 12.1. The van der Waals surface area contributed by atoms with Crippen molar-refractivity contribution in [2.45, 2.75) is 26.3 Å². The third kappa shape index (κ3) is 1.95. The van der Waals surface area contributed by atoms with E-state index in [4.69, 9.17) is 5.73 Å². The second-order valence-electron chi connectivity index (χ2n) is 4.38. The van der Waals surface area contributed by atoms with Gasteiger partial charge in [-0.25, -0.2) is 0 Å². The molecule has 0 bridgehead atoms. The molecule has 3 nitrogen and oxygen atoms in total. The number of para-hydroxylation sites is 1. The standard InChI is InChI=1S/C13H18N2O/c1-3-15(13(16)10-8-11(10)14)12-7-5-4-6-9(12)2/h4-7,10-11H,3,8,14H2,1-2H3. The van der Waals surface area contributed by atoms with Crippen LogP contribution in [-0.4, -0.2) is 18.5 Å². The van der Waals surface area contributed by atoms with E-state index < -0.39 is 0 Å². The van der Waals surface area contributed by atoms with Crippen LogP contribution in [0.3, 0.4) is 0 Å². The van der Waals surface area contributed by atoms with Crippen molar-refractivity contribution in [3.63, 3.8) is 0 Å². The number of nitrogens with zero attached hydrogens (tertiary/aromatic N) is 1. The Morgan fingerprint density at radius 3 is 2.62 bits per heavy atom. The maximum Gasteiger partial charge on any atom is 0.231 e. The van der Waals surface area contributed by atoms with Crippen LogP contribution in [0.5, 0.6) is 0 Å². The number of anilines is 1. The second-order valence-corrected chi connectivity index (χ2v) is 4.38. The normalized spacial score (nSPS) is 22.9. The Kier molecular flexibility index (Phi) is 2.97. The lowest BCUT2D eigenvalue weighted by Gasteiger charge is -2.23. The summed E-state index contributed by atoms with van der Waals surface area (Å²) in [6.45, 7) is 4.73. The van der Waals surface area contributed by atoms with E-state index in [1.807, 2.05) is 43.0 Å². The Balaban J connectivity index is 2.22. The van der Waals surface area contributed by atoms with Gasteiger partial charge >= 0.3 is 0 Å². The van der Waals surface area contributed by atoms with Crippen LogP contribution < -0.4 is 10.6 Å². The molecule has 1 fully saturated rings. The molecule has 0 aromatic heterocycles. The molecule has 0 heterocycles. The number of amides is 1. The minimum Gasteiger partial charge on any atom is -0.327 e. The summed E-state index contributed by atoms with van der Waals surface area (Å²) in [7, 11) is 0. The summed E-state index contributed by atoms with van der Waals surface area (Å²) in [6.07, 6.45) is 0.835. The number of carbonyl (C=O) groups is 1. The van der Waals surface area contributed by atoms with E-state index >= 15 is 0 Å². The van der Waals surface area contributed by atoms with Crippen molar-refractivity contribution in [3.8, 4) is 0 Å². The summed E-state index contributed by atoms with van der Waals surface area (Å²) < 4.78 is 0. The SMILES string of the molecule is CCN(C(=O)C1CC1N)c1ccccc1C. The van der Waals surface area contributed by atoms with Crippen molar-refractivity contribution in [2.24, 2.45) is 11.7 Å². The maximum absolute atomic E-state index is 12.1. The molecule has 86 valence electrons. The van der Waals surface area contributed by atoms with Gasteiger partial charge in [0.25, 0.3) is 0 Å². The van der Waals surface area contributed by atoms with Crippen LogP contribution in [0.25, 0.3) is 0 Å². The van der Waals surface area contributed by atoms with Crippen LogP contribution in [-0.2, 0) is 4.79 Å². The van der Waals surface area contributed by atoms with E-state index in [0.29, 0.717) is 6.54 Å². The summed E-state index contributed by atoms with van der Waals surface area (Å²) in [5, 5.41) is 0. The average Bonchev–Trinajstić information content (AvgIpc) is 2.99. The zero-order chi connectivity index (χ0) is 11.7. The molecule has 0 radical (unpaired) electrons. The summed E-state index contributed by atoms with van der Waals surface area (Å²) in [5.41, 5.74) is 7.87. The van der Waals surface area contributed by atoms with Crippen LogP contribution in [0.2, 0.25) is 0 Å². The fourth-order valence-corrected chi connectivity index (χ4v) is 2.01. The first-order valence-corrected chi connectivity index (χ1v) is 5.77. The van der Waals surface area contributed by atoms with Gasteiger partial charge in [0.1, 0.15) is 0 Å². The van der Waals surface area contributed by atoms with Gasteiger partial charge < -0.3 is 10.6 Å². The van der Waals surface area contributed by atoms with E-state index in [2.05, 4.69) is 0 Å². The van der Waals surface area contributed by atoms with E-state index in [1.165, 1.54) is 0 Å². The molecular formula is C13H18N2O. The number of nitrogens with two attached hydrogens (primary N) is 1. The smallest absolute Gasteiger partial charge is 0.231 e. The molecule has 16 heavy (non-hydrogen) atoms. The number of rotatable bonds is 3. The molecule has 0 saturated heterocycles. The first-order valence-electron chi connectivity index (χ1n) is 5.77. The summed E-state index contributed by atoms with van der Waals surface area (Å²) >= 11 is 0. The van der Waals surface area contributed by atoms with Gasteiger partial charge in [-0.2, -0.15) is 0 Å². The van der Waals surface area contributed by atoms with Gasteiger partial charge in [-0.1, -0.05) is 18.2 Å². The van der Waals surface area contributed by atoms with Crippen LogP contribution in [0.4, 0.5) is 5.69 Å². The van der Waals surface area contributed by atoms with E-state index in [1.54, 1.807) is 0 Å². The van der Waals surface area contributed by atoms with E-state index in [-0.39, 0.29) is 17.9 Å². The highest BCUT2D eigenvalue weighted by molar-refractivity contribution is 5.97. The Labute approximate surface area is 96.2 Å². The molecular weight excluding hydrogens is 200 g/mol. The molecule has 1 aromatic rings. The van der Waals surface area contributed by atoms with Crippen molar-refractivity contribution >= 4 is 11.6 Å². The lowest BCUT2D eigenvalue weighted by Crippen LogP contribution is -2.34. The molecule has 2 atom stereocenters. The highest BCUT2D eigenvalue weighted by Crippen LogP contribution is 2.32. The monoisotopic (exact) mass is 218 g/mol. The molecule has 0 aliphatic heterocycles. The van der Waals surface area contributed by atoms with Gasteiger partial charge in [-0.05, 0) is 31.9 Å². The first kappa shape index (κ1) is 11.1. The largest absolute Gasteiger partial charge is 0.327 e. The lowest BCUT2D eigenvalue weighted by atomic mass is 10.1. The van der Waals surface area contributed by atoms with Crippen molar-refractivity contribution in [1.82, 2.24) is 0 Å². The molecule has 1 aromatic carbocycles. The second kappa shape index (κ2) is 4.26. The molecule has 1 saturated carbocycles. The van der Waals surface area contributed by atoms with Crippen molar-refractivity contribution in [1.29, 1.82) is 0 Å². The van der Waals surface area contributed by atoms with Gasteiger partial charge in [0.05, 0.1) is 5.92 Å². The quantitative estimate of drug-likeness (QED) is 0.839. The average molecular weight is 218 g/mol. The van der Waals surface area contributed by atoms with Crippen LogP contribution in [0, 0.1) is 12.8 Å². The predicted molar refractivity (Wildman–Crippen MR) is 65.3 cm³/mol. The zero-order valence-electron chi connectivity index (χ0n) is 9.81. The van der Waals surface area contributed by atoms with Gasteiger partial charge in [-0.15, -0.1) is 0 Å². The fourth-order valence-electron chi connectivity index (χ4n) is 2.01. The Hall–Kier alpha value is -1.35. The van der Waals surface area contributed by atoms with Crippen molar-refractivity contribution in [3.05, 3.63) is 29.8 Å². The Morgan fingerprint density at radius 2 is 2.12 bits per heavy atom. The highest BCUT2D eigenvalue weighted by Gasteiger charge is 2.42. The number of aryl methyl sites for hydroxylation is 1. The Bertz CT molecular complexity index is 403. The highest BCUT2D eigenvalue weighted by atomic mass is 16.2. The van der Waals surface area contributed by atoms with Gasteiger partial charge in [0.2, 0.25) is 5.91 Å². The predicted octanol–water partition coefficient (Wildman–Crippen LogP) is 1.70. The summed E-state index contributed by atoms with van der Waals surface area (Å²) in [4.78, 5) is 14.0. The topological polar surface area (TPSA) is 46.3 Å². The number of hydrogen-bond acceptors (Lipinski definition) is 2. The molecule has 0 spiro atoms. The third-order valence-corrected chi connectivity index (χ3v) is 3.15. The van der Waals surface area contributed by atoms with Gasteiger partial charge in [0, 0.05) is 18.3 Å². The van der Waals surface area contributed by atoms with Gasteiger partial charge in [-0.3, -0.25) is 4.79 Å². The van der Waals surface area contributed by atoms with Crippen molar-refractivity contribution in [2.75, 3.05) is 11.4 Å². The molecule has 3 heteroatoms. The Morgan fingerprint density at radius 1 is 1.50 bits per heavy atom. The minimum absolute atomic E-state index is 0.0413. The van der Waals surface area contributed by atoms with Crippen LogP contribution in [0.1, 0.15) is 18.9 Å². The molecule has 1 aliphatic rings. The van der Waals surface area contributed by atoms with Gasteiger partial charge in [0.15, 0.2) is 0 Å². The lowest BCUT2D eigenvalue weighted by molar-refractivity contribution is -0.119. The minimum atomic E-state index is 0.0413. The number of benzene rings is 1. The molecule has 1 aliphatic carbocycles. The summed E-state index contributed by atoms with van der Waals surface area (Å²) in [5.74, 6) is 0.212. The number of carbonyl (C=O) groups excluding carboxylic acids is 1. The fraction of sp³-hybridized carbons (Fsp3) is 0.462. The van der Waals surface area contributed by atoms with Crippen molar-refractivity contribution < 1.29 is 4.79 Å². The van der Waals surface area contributed by atoms with E-state index in [9.17, 15) is 4.79 Å². The molecule has 2 unspecified atom stereocenters. The molecule has 1 amide bonds. The number of hydrogen-bond donors (Lipinski definition) is 1.